The number of nitrogens with zero attached hydrogens (tertiary/aromatic N) is 8. The van der Waals surface area contributed by atoms with Crippen LogP contribution in [0, 0.1) is 17.2 Å². The number of nitriles is 1. The number of anilines is 3. The number of nitrogens with one attached hydrogen (secondary N) is 2. The quantitative estimate of drug-likeness (QED) is 0.333. The van der Waals surface area contributed by atoms with Crippen LogP contribution in [0.15, 0.2) is 48.7 Å². The number of benzene rings is 1. The van der Waals surface area contributed by atoms with Crippen LogP contribution in [0.4, 0.5) is 16.8 Å². The Morgan fingerprint density at radius 3 is 2.64 bits per heavy atom. The van der Waals surface area contributed by atoms with Crippen LogP contribution < -0.4 is 10.6 Å². The van der Waals surface area contributed by atoms with Crippen LogP contribution >= 0.6 is 11.3 Å². The molecule has 200 valence electrons. The topological polar surface area (TPSA) is 130 Å². The molecule has 0 bridgehead atoms. The summed E-state index contributed by atoms with van der Waals surface area (Å²) in [7, 11) is 0. The Morgan fingerprint density at radius 2 is 1.85 bits per heavy atom. The second-order valence-corrected chi connectivity index (χ2v) is 10.9. The fourth-order valence-electron chi connectivity index (χ4n) is 4.94. The predicted molar refractivity (Wildman–Crippen MR) is 149 cm³/mol. The van der Waals surface area contributed by atoms with Crippen molar-refractivity contribution in [3.63, 3.8) is 0 Å². The summed E-state index contributed by atoms with van der Waals surface area (Å²) < 4.78 is 5.52. The first-order valence-corrected chi connectivity index (χ1v) is 14.1. The van der Waals surface area contributed by atoms with Crippen molar-refractivity contribution in [3.05, 3.63) is 54.2 Å². The fourth-order valence-corrected chi connectivity index (χ4v) is 5.69. The summed E-state index contributed by atoms with van der Waals surface area (Å²) >= 11 is 1.46. The standard InChI is InChI=1S/C27H30N10OS/c28-16-19-6-8-21(9-7-19)30-24-14-20(18-36-10-12-38-13-11-36)15-25(31-24)32-27-29-17-23(39-27)26-33-35-37(34-26)22-4-2-1-3-5-22/h1-5,14-15,17,19,21H,6-13,18H2,(H2,29,30,31,32). The Hall–Kier alpha value is -3.92. The van der Waals surface area contributed by atoms with E-state index in [0.717, 1.165) is 80.7 Å². The highest BCUT2D eigenvalue weighted by Gasteiger charge is 2.22. The summed E-state index contributed by atoms with van der Waals surface area (Å²) in [4.78, 5) is 14.1. The first kappa shape index (κ1) is 25.4. The third-order valence-corrected chi connectivity index (χ3v) is 7.93. The van der Waals surface area contributed by atoms with E-state index in [1.54, 1.807) is 6.20 Å². The second-order valence-electron chi connectivity index (χ2n) is 9.85. The van der Waals surface area contributed by atoms with E-state index < -0.39 is 0 Å². The smallest absolute Gasteiger partial charge is 0.216 e. The van der Waals surface area contributed by atoms with Crippen molar-refractivity contribution in [2.75, 3.05) is 36.9 Å². The van der Waals surface area contributed by atoms with Crippen molar-refractivity contribution < 1.29 is 4.74 Å². The first-order valence-electron chi connectivity index (χ1n) is 13.3. The van der Waals surface area contributed by atoms with Crippen molar-refractivity contribution in [3.8, 4) is 22.5 Å². The van der Waals surface area contributed by atoms with Gasteiger partial charge in [-0.05, 0) is 60.7 Å². The lowest BCUT2D eigenvalue weighted by Crippen LogP contribution is -2.35. The van der Waals surface area contributed by atoms with Gasteiger partial charge in [0.15, 0.2) is 5.13 Å². The van der Waals surface area contributed by atoms with Gasteiger partial charge in [-0.2, -0.15) is 5.26 Å². The summed E-state index contributed by atoms with van der Waals surface area (Å²) in [6.07, 6.45) is 5.56. The van der Waals surface area contributed by atoms with E-state index >= 15 is 0 Å². The molecule has 1 aromatic carbocycles. The van der Waals surface area contributed by atoms with E-state index in [1.165, 1.54) is 21.7 Å². The number of rotatable bonds is 8. The number of pyridine rings is 1. The zero-order valence-corrected chi connectivity index (χ0v) is 22.3. The first-order chi connectivity index (χ1) is 19.2. The van der Waals surface area contributed by atoms with Crippen molar-refractivity contribution in [2.45, 2.75) is 38.3 Å². The summed E-state index contributed by atoms with van der Waals surface area (Å²) in [5.74, 6) is 2.27. The normalized spacial score (nSPS) is 19.9. The number of morpholine rings is 1. The molecule has 1 aliphatic carbocycles. The molecule has 1 aliphatic heterocycles. The van der Waals surface area contributed by atoms with E-state index in [0.29, 0.717) is 17.0 Å². The van der Waals surface area contributed by atoms with Gasteiger partial charge in [-0.15, -0.1) is 15.0 Å². The lowest BCUT2D eigenvalue weighted by Gasteiger charge is -2.28. The number of thiazole rings is 1. The minimum atomic E-state index is 0.170. The summed E-state index contributed by atoms with van der Waals surface area (Å²) in [5, 5.41) is 29.9. The number of para-hydroxylation sites is 1. The Morgan fingerprint density at radius 1 is 1.05 bits per heavy atom. The largest absolute Gasteiger partial charge is 0.379 e. The molecule has 1 saturated heterocycles. The molecule has 1 saturated carbocycles. The molecule has 0 amide bonds. The van der Waals surface area contributed by atoms with Crippen LogP contribution in [0.5, 0.6) is 0 Å². The van der Waals surface area contributed by atoms with E-state index in [2.05, 4.69) is 54.1 Å². The summed E-state index contributed by atoms with van der Waals surface area (Å²) in [6, 6.07) is 16.6. The molecule has 0 unspecified atom stereocenters. The van der Waals surface area contributed by atoms with Crippen molar-refractivity contribution in [1.29, 1.82) is 5.26 Å². The van der Waals surface area contributed by atoms with Gasteiger partial charge in [0.25, 0.3) is 0 Å². The lowest BCUT2D eigenvalue weighted by molar-refractivity contribution is 0.0342. The van der Waals surface area contributed by atoms with Crippen molar-refractivity contribution in [1.82, 2.24) is 35.1 Å². The van der Waals surface area contributed by atoms with Crippen LogP contribution in [-0.4, -0.2) is 67.4 Å². The number of hydrogen-bond acceptors (Lipinski definition) is 11. The van der Waals surface area contributed by atoms with Gasteiger partial charge in [0.2, 0.25) is 5.82 Å². The van der Waals surface area contributed by atoms with Crippen LogP contribution in [0.25, 0.3) is 16.4 Å². The Labute approximate surface area is 230 Å². The average Bonchev–Trinajstić information content (AvgIpc) is 3.65. The molecule has 11 nitrogen and oxygen atoms in total. The highest BCUT2D eigenvalue weighted by atomic mass is 32.1. The van der Waals surface area contributed by atoms with E-state index in [9.17, 15) is 5.26 Å². The molecule has 2 fully saturated rings. The molecule has 6 rings (SSSR count). The van der Waals surface area contributed by atoms with Gasteiger partial charge in [-0.3, -0.25) is 4.90 Å². The van der Waals surface area contributed by atoms with Gasteiger partial charge in [-0.1, -0.05) is 29.5 Å². The second kappa shape index (κ2) is 11.9. The van der Waals surface area contributed by atoms with Gasteiger partial charge in [0, 0.05) is 31.6 Å². The molecular weight excluding hydrogens is 512 g/mol. The minimum absolute atomic E-state index is 0.170. The minimum Gasteiger partial charge on any atom is -0.379 e. The Balaban J connectivity index is 1.19. The average molecular weight is 543 g/mol. The van der Waals surface area contributed by atoms with E-state index in [1.807, 2.05) is 30.3 Å². The molecule has 4 aromatic rings. The zero-order valence-electron chi connectivity index (χ0n) is 21.5. The van der Waals surface area contributed by atoms with Crippen LogP contribution in [0.2, 0.25) is 0 Å². The monoisotopic (exact) mass is 542 g/mol. The molecule has 39 heavy (non-hydrogen) atoms. The highest BCUT2D eigenvalue weighted by molar-refractivity contribution is 7.18. The molecule has 0 atom stereocenters. The zero-order chi connectivity index (χ0) is 26.4. The number of tetrazole rings is 1. The molecule has 4 heterocycles. The maximum absolute atomic E-state index is 9.24. The fraction of sp³-hybridized carbons (Fsp3) is 0.407. The maximum atomic E-state index is 9.24. The molecular formula is C27H30N10OS. The third-order valence-electron chi connectivity index (χ3n) is 7.02. The maximum Gasteiger partial charge on any atom is 0.216 e. The SMILES string of the molecule is N#CC1CCC(Nc2cc(CN3CCOCC3)cc(Nc3ncc(-c4nnn(-c5ccccc5)n4)s3)n2)CC1. The van der Waals surface area contributed by atoms with Crippen LogP contribution in [0.3, 0.4) is 0 Å². The van der Waals surface area contributed by atoms with Gasteiger partial charge in [0.05, 0.1) is 36.0 Å². The van der Waals surface area contributed by atoms with Gasteiger partial charge in [-0.25, -0.2) is 9.97 Å². The Kier molecular flexibility index (Phi) is 7.71. The van der Waals surface area contributed by atoms with Crippen LogP contribution in [0.1, 0.15) is 31.2 Å². The van der Waals surface area contributed by atoms with Gasteiger partial charge in [0.1, 0.15) is 11.6 Å². The number of ether oxygens (including phenoxy) is 1. The predicted octanol–water partition coefficient (Wildman–Crippen LogP) is 4.25. The third kappa shape index (κ3) is 6.39. The molecule has 0 spiro atoms. The van der Waals surface area contributed by atoms with Gasteiger partial charge >= 0.3 is 0 Å². The molecule has 3 aromatic heterocycles. The molecule has 12 heteroatoms. The van der Waals surface area contributed by atoms with Gasteiger partial charge < -0.3 is 15.4 Å². The van der Waals surface area contributed by atoms with Crippen molar-refractivity contribution >= 4 is 28.1 Å². The van der Waals surface area contributed by atoms with E-state index in [4.69, 9.17) is 9.72 Å². The van der Waals surface area contributed by atoms with E-state index in [-0.39, 0.29) is 5.92 Å². The molecule has 2 N–H and O–H groups in total. The number of aromatic nitrogens is 6. The molecule has 2 aliphatic rings. The van der Waals surface area contributed by atoms with Crippen molar-refractivity contribution in [2.24, 2.45) is 5.92 Å². The van der Waals surface area contributed by atoms with Crippen LogP contribution in [-0.2, 0) is 11.3 Å². The summed E-state index contributed by atoms with van der Waals surface area (Å²) in [6.45, 7) is 4.17. The Bertz CT molecular complexity index is 1420. The lowest BCUT2D eigenvalue weighted by atomic mass is 9.87. The number of hydrogen-bond donors (Lipinski definition) is 2. The molecule has 0 radical (unpaired) electrons. The highest BCUT2D eigenvalue weighted by Crippen LogP contribution is 2.30. The summed E-state index contributed by atoms with van der Waals surface area (Å²) in [5.41, 5.74) is 2.02.